The van der Waals surface area contributed by atoms with Crippen LogP contribution in [-0.4, -0.2) is 17.8 Å². The molecule has 4 saturated carbocycles. The van der Waals surface area contributed by atoms with Crippen molar-refractivity contribution in [2.45, 2.75) is 64.9 Å². The van der Waals surface area contributed by atoms with Gasteiger partial charge in [0.25, 0.3) is 0 Å². The molecule has 3 atom stereocenters. The van der Waals surface area contributed by atoms with Crippen molar-refractivity contribution in [3.63, 3.8) is 0 Å². The van der Waals surface area contributed by atoms with E-state index in [1.165, 1.54) is 44.9 Å². The molecule has 0 spiro atoms. The maximum Gasteiger partial charge on any atom is 0.0718 e. The second-order valence-electron chi connectivity index (χ2n) is 8.17. The van der Waals surface area contributed by atoms with Crippen molar-refractivity contribution in [1.29, 1.82) is 0 Å². The van der Waals surface area contributed by atoms with Gasteiger partial charge >= 0.3 is 0 Å². The fourth-order valence-electron chi connectivity index (χ4n) is 6.27. The molecule has 18 heavy (non-hydrogen) atoms. The second kappa shape index (κ2) is 4.21. The third-order valence-corrected chi connectivity index (χ3v) is 6.00. The largest absolute Gasteiger partial charge is 0.391 e. The maximum absolute atomic E-state index is 10.4. The Balaban J connectivity index is 1.88. The molecule has 0 aromatic carbocycles. The van der Waals surface area contributed by atoms with E-state index in [1.807, 2.05) is 0 Å². The molecule has 3 unspecified atom stereocenters. The number of rotatable bonds is 4. The molecule has 3 N–H and O–H groups in total. The summed E-state index contributed by atoms with van der Waals surface area (Å²) >= 11 is 0. The first-order valence-electron chi connectivity index (χ1n) is 7.85. The summed E-state index contributed by atoms with van der Waals surface area (Å²) in [5.74, 6) is 2.55. The molecular formula is C16H29NO. The molecule has 0 heterocycles. The molecule has 4 aliphatic rings. The summed E-state index contributed by atoms with van der Waals surface area (Å²) in [6.07, 6.45) is 9.15. The molecule has 4 aliphatic carbocycles. The van der Waals surface area contributed by atoms with Gasteiger partial charge in [0.1, 0.15) is 0 Å². The number of aliphatic hydroxyl groups is 1. The number of aliphatic hydroxyl groups excluding tert-OH is 1. The van der Waals surface area contributed by atoms with Crippen LogP contribution in [0.5, 0.6) is 0 Å². The molecular weight excluding hydrogens is 222 g/mol. The van der Waals surface area contributed by atoms with Crippen molar-refractivity contribution in [2.75, 3.05) is 6.54 Å². The molecule has 104 valence electrons. The van der Waals surface area contributed by atoms with E-state index in [0.717, 1.165) is 17.8 Å². The fourth-order valence-corrected chi connectivity index (χ4v) is 6.27. The van der Waals surface area contributed by atoms with Gasteiger partial charge in [-0.1, -0.05) is 13.8 Å². The van der Waals surface area contributed by atoms with Gasteiger partial charge in [0.05, 0.1) is 6.10 Å². The van der Waals surface area contributed by atoms with Gasteiger partial charge in [0, 0.05) is 6.54 Å². The topological polar surface area (TPSA) is 46.2 Å². The SMILES string of the molecule is CC(C)CC12CC3CC(C1)CC(C(O)CN)(C3)C2. The molecule has 2 heteroatoms. The lowest BCUT2D eigenvalue weighted by molar-refractivity contribution is -0.161. The standard InChI is InChI=1S/C16H29NO/c1-11(2)4-15-5-12-3-13(6-15)8-16(7-12,10-15)14(18)9-17/h11-14,18H,3-10,17H2,1-2H3. The van der Waals surface area contributed by atoms with Gasteiger partial charge in [-0.2, -0.15) is 0 Å². The Morgan fingerprint density at radius 2 is 1.78 bits per heavy atom. The predicted octanol–water partition coefficient (Wildman–Crippen LogP) is 2.94. The Morgan fingerprint density at radius 3 is 2.28 bits per heavy atom. The highest BCUT2D eigenvalue weighted by molar-refractivity contribution is 5.09. The van der Waals surface area contributed by atoms with Crippen molar-refractivity contribution in [3.8, 4) is 0 Å². The van der Waals surface area contributed by atoms with Crippen LogP contribution in [0.3, 0.4) is 0 Å². The zero-order valence-corrected chi connectivity index (χ0v) is 12.0. The van der Waals surface area contributed by atoms with Gasteiger partial charge < -0.3 is 10.8 Å². The van der Waals surface area contributed by atoms with Crippen molar-refractivity contribution >= 4 is 0 Å². The van der Waals surface area contributed by atoms with E-state index in [-0.39, 0.29) is 11.5 Å². The molecule has 0 aromatic heterocycles. The third kappa shape index (κ3) is 1.92. The van der Waals surface area contributed by atoms with Gasteiger partial charge in [0.2, 0.25) is 0 Å². The van der Waals surface area contributed by atoms with E-state index in [0.29, 0.717) is 12.0 Å². The van der Waals surface area contributed by atoms with Crippen LogP contribution in [0.4, 0.5) is 0 Å². The third-order valence-electron chi connectivity index (χ3n) is 6.00. The van der Waals surface area contributed by atoms with Crippen molar-refractivity contribution in [1.82, 2.24) is 0 Å². The lowest BCUT2D eigenvalue weighted by Crippen LogP contribution is -2.57. The molecule has 0 amide bonds. The first-order chi connectivity index (χ1) is 8.47. The Bertz CT molecular complexity index is 306. The van der Waals surface area contributed by atoms with E-state index in [9.17, 15) is 5.11 Å². The van der Waals surface area contributed by atoms with Gasteiger partial charge in [0.15, 0.2) is 0 Å². The Morgan fingerprint density at radius 1 is 1.17 bits per heavy atom. The van der Waals surface area contributed by atoms with E-state index in [4.69, 9.17) is 5.73 Å². The Hall–Kier alpha value is -0.0800. The minimum atomic E-state index is -0.255. The average Bonchev–Trinajstić information content (AvgIpc) is 2.24. The van der Waals surface area contributed by atoms with Crippen LogP contribution in [0.2, 0.25) is 0 Å². The van der Waals surface area contributed by atoms with Gasteiger partial charge in [-0.25, -0.2) is 0 Å². The monoisotopic (exact) mass is 251 g/mol. The van der Waals surface area contributed by atoms with Crippen LogP contribution in [0.25, 0.3) is 0 Å². The highest BCUT2D eigenvalue weighted by Gasteiger charge is 2.59. The highest BCUT2D eigenvalue weighted by atomic mass is 16.3. The minimum absolute atomic E-state index is 0.188. The van der Waals surface area contributed by atoms with Crippen molar-refractivity contribution in [3.05, 3.63) is 0 Å². The summed E-state index contributed by atoms with van der Waals surface area (Å²) < 4.78 is 0. The van der Waals surface area contributed by atoms with Crippen LogP contribution >= 0.6 is 0 Å². The van der Waals surface area contributed by atoms with Crippen LogP contribution < -0.4 is 5.73 Å². The van der Waals surface area contributed by atoms with E-state index < -0.39 is 0 Å². The summed E-state index contributed by atoms with van der Waals surface area (Å²) in [7, 11) is 0. The second-order valence-corrected chi connectivity index (χ2v) is 8.17. The van der Waals surface area contributed by atoms with Gasteiger partial charge in [-0.05, 0) is 73.5 Å². The first-order valence-corrected chi connectivity index (χ1v) is 7.85. The van der Waals surface area contributed by atoms with Crippen LogP contribution in [-0.2, 0) is 0 Å². The summed E-state index contributed by atoms with van der Waals surface area (Å²) in [5.41, 5.74) is 6.53. The molecule has 4 fully saturated rings. The summed E-state index contributed by atoms with van der Waals surface area (Å²) in [6, 6.07) is 0. The predicted molar refractivity (Wildman–Crippen MR) is 74.1 cm³/mol. The normalized spacial score (nSPS) is 47.8. The lowest BCUT2D eigenvalue weighted by Gasteiger charge is -2.64. The zero-order valence-electron chi connectivity index (χ0n) is 12.0. The highest BCUT2D eigenvalue weighted by Crippen LogP contribution is 2.67. The van der Waals surface area contributed by atoms with E-state index >= 15 is 0 Å². The molecule has 0 aliphatic heterocycles. The molecule has 0 saturated heterocycles. The molecule has 4 bridgehead atoms. The van der Waals surface area contributed by atoms with Crippen LogP contribution in [0.15, 0.2) is 0 Å². The number of nitrogens with two attached hydrogens (primary N) is 1. The van der Waals surface area contributed by atoms with Crippen molar-refractivity contribution < 1.29 is 5.11 Å². The first kappa shape index (κ1) is 12.9. The lowest BCUT2D eigenvalue weighted by atomic mass is 9.42. The molecule has 2 nitrogen and oxygen atoms in total. The quantitative estimate of drug-likeness (QED) is 0.807. The number of hydrogen-bond donors (Lipinski definition) is 2. The fraction of sp³-hybridized carbons (Fsp3) is 1.00. The minimum Gasteiger partial charge on any atom is -0.391 e. The summed E-state index contributed by atoms with van der Waals surface area (Å²) in [4.78, 5) is 0. The molecule has 4 rings (SSSR count). The smallest absolute Gasteiger partial charge is 0.0718 e. The summed E-state index contributed by atoms with van der Waals surface area (Å²) in [6.45, 7) is 5.16. The Labute approximate surface area is 111 Å². The zero-order chi connectivity index (χ0) is 13.0. The van der Waals surface area contributed by atoms with E-state index in [2.05, 4.69) is 13.8 Å². The summed E-state index contributed by atoms with van der Waals surface area (Å²) in [5, 5.41) is 10.4. The van der Waals surface area contributed by atoms with Crippen LogP contribution in [0, 0.1) is 28.6 Å². The molecule has 0 radical (unpaired) electrons. The average molecular weight is 251 g/mol. The van der Waals surface area contributed by atoms with Crippen molar-refractivity contribution in [2.24, 2.45) is 34.3 Å². The van der Waals surface area contributed by atoms with Gasteiger partial charge in [-0.15, -0.1) is 0 Å². The Kier molecular flexibility index (Phi) is 3.02. The number of hydrogen-bond acceptors (Lipinski definition) is 2. The maximum atomic E-state index is 10.4. The van der Waals surface area contributed by atoms with Crippen LogP contribution in [0.1, 0.15) is 58.8 Å². The van der Waals surface area contributed by atoms with E-state index in [1.54, 1.807) is 0 Å². The molecule has 0 aromatic rings. The van der Waals surface area contributed by atoms with Gasteiger partial charge in [-0.3, -0.25) is 0 Å².